The zero-order valence-corrected chi connectivity index (χ0v) is 18.3. The number of nitrogens with zero attached hydrogens (tertiary/aromatic N) is 2. The Kier molecular flexibility index (Phi) is 6.59. The van der Waals surface area contributed by atoms with Crippen LogP contribution in [0.4, 0.5) is 11.4 Å². The second-order valence-corrected chi connectivity index (χ2v) is 8.77. The number of aryl methyl sites for hydroxylation is 1. The SMILES string of the molecule is CCCCn1nc(C(=O)Nc2ccc(OC)c(NS(C)(=O)=O)c2)c2ccccc2c1=O. The molecule has 1 heterocycles. The summed E-state index contributed by atoms with van der Waals surface area (Å²) in [7, 11) is -2.14. The maximum atomic E-state index is 13.1. The second-order valence-electron chi connectivity index (χ2n) is 7.02. The lowest BCUT2D eigenvalue weighted by atomic mass is 10.1. The summed E-state index contributed by atoms with van der Waals surface area (Å²) in [4.78, 5) is 25.8. The molecular weight excluding hydrogens is 420 g/mol. The third-order valence-electron chi connectivity index (χ3n) is 4.56. The van der Waals surface area contributed by atoms with Crippen LogP contribution < -0.4 is 20.3 Å². The van der Waals surface area contributed by atoms with Gasteiger partial charge in [-0.15, -0.1) is 0 Å². The molecule has 2 N–H and O–H groups in total. The number of ether oxygens (including phenoxy) is 1. The molecule has 0 saturated carbocycles. The third kappa shape index (κ3) is 5.21. The van der Waals surface area contributed by atoms with E-state index in [0.29, 0.717) is 28.8 Å². The molecule has 0 unspecified atom stereocenters. The zero-order valence-electron chi connectivity index (χ0n) is 17.5. The molecule has 1 amide bonds. The first kappa shape index (κ1) is 22.3. The van der Waals surface area contributed by atoms with Crippen LogP contribution >= 0.6 is 0 Å². The van der Waals surface area contributed by atoms with Gasteiger partial charge < -0.3 is 10.1 Å². The van der Waals surface area contributed by atoms with Crippen LogP contribution in [0.15, 0.2) is 47.3 Å². The second kappa shape index (κ2) is 9.17. The number of hydrogen-bond acceptors (Lipinski definition) is 6. The molecule has 31 heavy (non-hydrogen) atoms. The van der Waals surface area contributed by atoms with Crippen LogP contribution in [0.5, 0.6) is 5.75 Å². The summed E-state index contributed by atoms with van der Waals surface area (Å²) < 4.78 is 32.1. The maximum Gasteiger partial charge on any atom is 0.276 e. The molecule has 0 atom stereocenters. The van der Waals surface area contributed by atoms with Crippen LogP contribution in [0.25, 0.3) is 10.8 Å². The molecule has 0 aliphatic carbocycles. The van der Waals surface area contributed by atoms with E-state index in [4.69, 9.17) is 4.74 Å². The smallest absolute Gasteiger partial charge is 0.276 e. The van der Waals surface area contributed by atoms with Gasteiger partial charge in [0.15, 0.2) is 5.69 Å². The van der Waals surface area contributed by atoms with Crippen LogP contribution in [0.2, 0.25) is 0 Å². The Balaban J connectivity index is 2.01. The average molecular weight is 445 g/mol. The third-order valence-corrected chi connectivity index (χ3v) is 5.15. The molecule has 0 aliphatic heterocycles. The highest BCUT2D eigenvalue weighted by atomic mass is 32.2. The monoisotopic (exact) mass is 444 g/mol. The lowest BCUT2D eigenvalue weighted by molar-refractivity contribution is 0.102. The summed E-state index contributed by atoms with van der Waals surface area (Å²) >= 11 is 0. The van der Waals surface area contributed by atoms with Crippen molar-refractivity contribution in [2.45, 2.75) is 26.3 Å². The first-order chi connectivity index (χ1) is 14.7. The number of nitrogens with one attached hydrogen (secondary N) is 2. The van der Waals surface area contributed by atoms with Crippen molar-refractivity contribution in [3.8, 4) is 5.75 Å². The molecule has 10 heteroatoms. The van der Waals surface area contributed by atoms with Crippen molar-refractivity contribution >= 4 is 38.1 Å². The first-order valence-corrected chi connectivity index (χ1v) is 11.6. The van der Waals surface area contributed by atoms with Gasteiger partial charge in [-0.1, -0.05) is 31.5 Å². The molecule has 2 aromatic carbocycles. The number of aromatic nitrogens is 2. The number of carbonyl (C=O) groups is 1. The molecule has 164 valence electrons. The number of amides is 1. The lowest BCUT2D eigenvalue weighted by Gasteiger charge is -2.13. The van der Waals surface area contributed by atoms with Crippen molar-refractivity contribution in [2.24, 2.45) is 0 Å². The van der Waals surface area contributed by atoms with E-state index in [2.05, 4.69) is 15.1 Å². The molecule has 1 aromatic heterocycles. The minimum Gasteiger partial charge on any atom is -0.495 e. The summed E-state index contributed by atoms with van der Waals surface area (Å²) in [6.07, 6.45) is 2.66. The molecule has 0 aliphatic rings. The average Bonchev–Trinajstić information content (AvgIpc) is 2.72. The van der Waals surface area contributed by atoms with Gasteiger partial charge in [0.1, 0.15) is 5.75 Å². The van der Waals surface area contributed by atoms with Gasteiger partial charge in [0.2, 0.25) is 10.0 Å². The van der Waals surface area contributed by atoms with Gasteiger partial charge >= 0.3 is 0 Å². The zero-order chi connectivity index (χ0) is 22.6. The highest BCUT2D eigenvalue weighted by Gasteiger charge is 2.18. The van der Waals surface area contributed by atoms with Crippen LogP contribution in [-0.4, -0.2) is 37.5 Å². The van der Waals surface area contributed by atoms with E-state index in [0.717, 1.165) is 19.1 Å². The number of hydrogen-bond donors (Lipinski definition) is 2. The number of unbranched alkanes of at least 4 members (excludes halogenated alkanes) is 1. The van der Waals surface area contributed by atoms with Crippen molar-refractivity contribution in [3.63, 3.8) is 0 Å². The minimum absolute atomic E-state index is 0.111. The standard InChI is InChI=1S/C21H24N4O5S/c1-4-5-12-25-21(27)16-9-7-6-8-15(16)19(23-25)20(26)22-14-10-11-18(30-2)17(13-14)24-31(3,28)29/h6-11,13,24H,4-5,12H2,1-3H3,(H,22,26). The minimum atomic E-state index is -3.55. The van der Waals surface area contributed by atoms with E-state index in [1.165, 1.54) is 23.9 Å². The molecule has 0 saturated heterocycles. The molecule has 3 rings (SSSR count). The first-order valence-electron chi connectivity index (χ1n) is 9.70. The predicted molar refractivity (Wildman–Crippen MR) is 120 cm³/mol. The highest BCUT2D eigenvalue weighted by molar-refractivity contribution is 7.92. The maximum absolute atomic E-state index is 13.1. The Morgan fingerprint density at radius 2 is 1.87 bits per heavy atom. The number of sulfonamides is 1. The summed E-state index contributed by atoms with van der Waals surface area (Å²) in [5.74, 6) is -0.211. The lowest BCUT2D eigenvalue weighted by Crippen LogP contribution is -2.27. The van der Waals surface area contributed by atoms with E-state index in [1.54, 1.807) is 30.3 Å². The topological polar surface area (TPSA) is 119 Å². The van der Waals surface area contributed by atoms with Crippen molar-refractivity contribution in [1.82, 2.24) is 9.78 Å². The van der Waals surface area contributed by atoms with Gasteiger partial charge in [-0.2, -0.15) is 5.10 Å². The van der Waals surface area contributed by atoms with Gasteiger partial charge in [0.05, 0.1) is 24.4 Å². The summed E-state index contributed by atoms with van der Waals surface area (Å²) in [5, 5.41) is 7.88. The van der Waals surface area contributed by atoms with Gasteiger partial charge in [0, 0.05) is 17.6 Å². The van der Waals surface area contributed by atoms with E-state index < -0.39 is 15.9 Å². The highest BCUT2D eigenvalue weighted by Crippen LogP contribution is 2.29. The molecule has 9 nitrogen and oxygen atoms in total. The van der Waals surface area contributed by atoms with Crippen LogP contribution in [0, 0.1) is 0 Å². The van der Waals surface area contributed by atoms with Crippen molar-refractivity contribution < 1.29 is 17.9 Å². The van der Waals surface area contributed by atoms with Crippen molar-refractivity contribution in [3.05, 3.63) is 58.5 Å². The molecule has 0 fully saturated rings. The quantitative estimate of drug-likeness (QED) is 0.551. The van der Waals surface area contributed by atoms with Crippen LogP contribution in [0.3, 0.4) is 0 Å². The number of anilines is 2. The fourth-order valence-corrected chi connectivity index (χ4v) is 3.68. The fraction of sp³-hybridized carbons (Fsp3) is 0.286. The fourth-order valence-electron chi connectivity index (χ4n) is 3.12. The van der Waals surface area contributed by atoms with Crippen LogP contribution in [-0.2, 0) is 16.6 Å². The number of benzene rings is 2. The van der Waals surface area contributed by atoms with E-state index in [9.17, 15) is 18.0 Å². The molecule has 0 bridgehead atoms. The van der Waals surface area contributed by atoms with E-state index in [1.807, 2.05) is 6.92 Å². The van der Waals surface area contributed by atoms with Gasteiger partial charge in [0.25, 0.3) is 11.5 Å². The van der Waals surface area contributed by atoms with Crippen molar-refractivity contribution in [2.75, 3.05) is 23.4 Å². The normalized spacial score (nSPS) is 11.3. The van der Waals surface area contributed by atoms with E-state index in [-0.39, 0.29) is 16.9 Å². The number of carbonyl (C=O) groups excluding carboxylic acids is 1. The van der Waals surface area contributed by atoms with E-state index >= 15 is 0 Å². The Bertz CT molecular complexity index is 1280. The van der Waals surface area contributed by atoms with Crippen LogP contribution in [0.1, 0.15) is 30.3 Å². The molecule has 3 aromatic rings. The Labute approximate surface area is 180 Å². The van der Waals surface area contributed by atoms with Gasteiger partial charge in [-0.05, 0) is 30.7 Å². The largest absolute Gasteiger partial charge is 0.495 e. The van der Waals surface area contributed by atoms with Gasteiger partial charge in [-0.25, -0.2) is 13.1 Å². The number of fused-ring (bicyclic) bond motifs is 1. The Morgan fingerprint density at radius 3 is 2.52 bits per heavy atom. The number of rotatable bonds is 8. The molecule has 0 spiro atoms. The number of methoxy groups -OCH3 is 1. The Morgan fingerprint density at radius 1 is 1.16 bits per heavy atom. The van der Waals surface area contributed by atoms with Gasteiger partial charge in [-0.3, -0.25) is 14.3 Å². The van der Waals surface area contributed by atoms with Crippen molar-refractivity contribution in [1.29, 1.82) is 0 Å². The summed E-state index contributed by atoms with van der Waals surface area (Å²) in [6.45, 7) is 2.41. The molecule has 0 radical (unpaired) electrons. The summed E-state index contributed by atoms with van der Waals surface area (Å²) in [6, 6.07) is 11.4. The Hall–Kier alpha value is -3.40. The molecular formula is C21H24N4O5S. The summed E-state index contributed by atoms with van der Waals surface area (Å²) in [5.41, 5.74) is 0.395. The predicted octanol–water partition coefficient (Wildman–Crippen LogP) is 2.83.